The number of fused-ring (bicyclic) bond motifs is 2. The maximum atomic E-state index is 12.7. The van der Waals surface area contributed by atoms with E-state index in [-0.39, 0.29) is 17.9 Å². The largest absolute Gasteiger partial charge is 0.338 e. The molecule has 6 heteroatoms. The zero-order valence-corrected chi connectivity index (χ0v) is 14.0. The van der Waals surface area contributed by atoms with Crippen molar-refractivity contribution in [3.63, 3.8) is 0 Å². The minimum absolute atomic E-state index is 0.00449. The second kappa shape index (κ2) is 6.12. The summed E-state index contributed by atoms with van der Waals surface area (Å²) in [7, 11) is 0. The number of amides is 1. The number of benzene rings is 1. The summed E-state index contributed by atoms with van der Waals surface area (Å²) >= 11 is 0. The van der Waals surface area contributed by atoms with Crippen molar-refractivity contribution in [1.29, 1.82) is 0 Å². The molecule has 0 unspecified atom stereocenters. The Hall–Kier alpha value is -3.02. The second-order valence-corrected chi connectivity index (χ2v) is 6.19. The molecule has 0 atom stereocenters. The van der Waals surface area contributed by atoms with E-state index < -0.39 is 0 Å². The highest BCUT2D eigenvalue weighted by Crippen LogP contribution is 2.21. The summed E-state index contributed by atoms with van der Waals surface area (Å²) in [5.41, 5.74) is 2.68. The molecule has 2 aromatic heterocycles. The van der Waals surface area contributed by atoms with Crippen molar-refractivity contribution in [1.82, 2.24) is 19.4 Å². The molecule has 4 rings (SSSR count). The Kier molecular flexibility index (Phi) is 3.80. The van der Waals surface area contributed by atoms with Crippen LogP contribution in [0.4, 0.5) is 0 Å². The van der Waals surface area contributed by atoms with E-state index in [4.69, 9.17) is 0 Å². The van der Waals surface area contributed by atoms with Gasteiger partial charge in [-0.1, -0.05) is 19.1 Å². The van der Waals surface area contributed by atoms with Crippen molar-refractivity contribution in [2.75, 3.05) is 0 Å². The summed E-state index contributed by atoms with van der Waals surface area (Å²) in [5, 5.41) is 0.626. The van der Waals surface area contributed by atoms with Crippen LogP contribution in [0.25, 0.3) is 10.9 Å². The van der Waals surface area contributed by atoms with Gasteiger partial charge in [0.15, 0.2) is 5.43 Å². The van der Waals surface area contributed by atoms with Crippen LogP contribution in [-0.4, -0.2) is 25.3 Å². The van der Waals surface area contributed by atoms with Gasteiger partial charge in [-0.15, -0.1) is 0 Å². The van der Waals surface area contributed by atoms with Crippen LogP contribution in [0, 0.1) is 0 Å². The highest BCUT2D eigenvalue weighted by atomic mass is 16.2. The molecule has 0 saturated heterocycles. The number of aromatic nitrogens is 3. The maximum Gasteiger partial charge on any atom is 0.243 e. The van der Waals surface area contributed by atoms with Gasteiger partial charge in [-0.2, -0.15) is 0 Å². The number of pyridine rings is 1. The normalized spacial score (nSPS) is 13.2. The van der Waals surface area contributed by atoms with Crippen LogP contribution in [0.2, 0.25) is 0 Å². The van der Waals surface area contributed by atoms with Crippen molar-refractivity contribution >= 4 is 16.8 Å². The average molecular weight is 334 g/mol. The highest BCUT2D eigenvalue weighted by Gasteiger charge is 2.25. The van der Waals surface area contributed by atoms with E-state index in [1.54, 1.807) is 17.2 Å². The predicted octanol–water partition coefficient (Wildman–Crippen LogP) is 1.90. The number of para-hydroxylation sites is 1. The Morgan fingerprint density at radius 2 is 2.04 bits per heavy atom. The van der Waals surface area contributed by atoms with E-state index in [0.717, 1.165) is 29.0 Å². The molecule has 0 spiro atoms. The lowest BCUT2D eigenvalue weighted by molar-refractivity contribution is -0.132. The summed E-state index contributed by atoms with van der Waals surface area (Å²) in [5.74, 6) is 0.810. The number of carbonyl (C=O) groups excluding carboxylic acids is 1. The van der Waals surface area contributed by atoms with Gasteiger partial charge in [0.05, 0.1) is 17.8 Å². The molecule has 0 N–H and O–H groups in total. The van der Waals surface area contributed by atoms with Crippen LogP contribution in [0.1, 0.15) is 24.0 Å². The van der Waals surface area contributed by atoms with E-state index in [0.29, 0.717) is 18.5 Å². The second-order valence-electron chi connectivity index (χ2n) is 6.19. The minimum Gasteiger partial charge on any atom is -0.338 e. The summed E-state index contributed by atoms with van der Waals surface area (Å²) < 4.78 is 1.82. The molecular formula is C19H18N4O2. The van der Waals surface area contributed by atoms with Crippen molar-refractivity contribution in [3.8, 4) is 0 Å². The molecule has 0 radical (unpaired) electrons. The zero-order valence-electron chi connectivity index (χ0n) is 14.0. The standard InChI is InChI=1S/C19H18N4O2/c1-2-18-20-9-13-10-23(11-15(13)21-18)19(25)12-22-8-7-17(24)14-5-3-4-6-16(14)22/h3-9H,2,10-12H2,1H3. The first kappa shape index (κ1) is 15.5. The first-order chi connectivity index (χ1) is 12.2. The highest BCUT2D eigenvalue weighted by molar-refractivity contribution is 5.82. The molecule has 1 aliphatic heterocycles. The van der Waals surface area contributed by atoms with Gasteiger partial charge in [-0.25, -0.2) is 9.97 Å². The molecule has 25 heavy (non-hydrogen) atoms. The third kappa shape index (κ3) is 2.80. The molecule has 126 valence electrons. The van der Waals surface area contributed by atoms with E-state index in [2.05, 4.69) is 9.97 Å². The Morgan fingerprint density at radius 1 is 1.20 bits per heavy atom. The smallest absolute Gasteiger partial charge is 0.243 e. The lowest BCUT2D eigenvalue weighted by Crippen LogP contribution is -2.29. The van der Waals surface area contributed by atoms with Gasteiger partial charge in [0, 0.05) is 42.4 Å². The number of hydrogen-bond acceptors (Lipinski definition) is 4. The molecule has 1 aromatic carbocycles. The third-order valence-corrected chi connectivity index (χ3v) is 4.57. The molecule has 0 aliphatic carbocycles. The van der Waals surface area contributed by atoms with Gasteiger partial charge < -0.3 is 9.47 Å². The van der Waals surface area contributed by atoms with Crippen LogP contribution in [0.15, 0.2) is 47.5 Å². The van der Waals surface area contributed by atoms with E-state index in [9.17, 15) is 9.59 Å². The van der Waals surface area contributed by atoms with Gasteiger partial charge >= 0.3 is 0 Å². The fourth-order valence-electron chi connectivity index (χ4n) is 3.19. The van der Waals surface area contributed by atoms with Gasteiger partial charge in [0.2, 0.25) is 5.91 Å². The Morgan fingerprint density at radius 3 is 2.88 bits per heavy atom. The summed E-state index contributed by atoms with van der Waals surface area (Å²) in [4.78, 5) is 35.3. The molecule has 3 heterocycles. The Balaban J connectivity index is 1.58. The first-order valence-electron chi connectivity index (χ1n) is 8.35. The quantitative estimate of drug-likeness (QED) is 0.734. The summed E-state index contributed by atoms with van der Waals surface area (Å²) in [6.07, 6.45) is 4.29. The van der Waals surface area contributed by atoms with Crippen molar-refractivity contribution in [2.45, 2.75) is 33.0 Å². The number of rotatable bonds is 3. The minimum atomic E-state index is -0.0322. The SMILES string of the molecule is CCc1ncc2c(n1)CN(C(=O)Cn1ccc(=O)c3ccccc31)C2. The van der Waals surface area contributed by atoms with Crippen molar-refractivity contribution in [2.24, 2.45) is 0 Å². The van der Waals surface area contributed by atoms with Crippen LogP contribution in [0.5, 0.6) is 0 Å². The van der Waals surface area contributed by atoms with Gasteiger partial charge in [-0.05, 0) is 12.1 Å². The van der Waals surface area contributed by atoms with Gasteiger partial charge in [0.1, 0.15) is 12.4 Å². The monoisotopic (exact) mass is 334 g/mol. The summed E-state index contributed by atoms with van der Waals surface area (Å²) in [6.45, 7) is 3.27. The van der Waals surface area contributed by atoms with Crippen LogP contribution in [0.3, 0.4) is 0 Å². The fourth-order valence-corrected chi connectivity index (χ4v) is 3.19. The molecule has 0 saturated carbocycles. The number of carbonyl (C=O) groups is 1. The van der Waals surface area contributed by atoms with E-state index in [1.165, 1.54) is 6.07 Å². The number of nitrogens with zero attached hydrogens (tertiary/aromatic N) is 4. The topological polar surface area (TPSA) is 68.1 Å². The van der Waals surface area contributed by atoms with E-state index >= 15 is 0 Å². The van der Waals surface area contributed by atoms with Crippen LogP contribution >= 0.6 is 0 Å². The first-order valence-corrected chi connectivity index (χ1v) is 8.35. The fraction of sp³-hybridized carbons (Fsp3) is 0.263. The summed E-state index contributed by atoms with van der Waals surface area (Å²) in [6, 6.07) is 8.86. The Labute approximate surface area is 144 Å². The lowest BCUT2D eigenvalue weighted by Gasteiger charge is -2.17. The van der Waals surface area contributed by atoms with Crippen LogP contribution < -0.4 is 5.43 Å². The average Bonchev–Trinajstić information content (AvgIpc) is 3.07. The molecule has 3 aromatic rings. The third-order valence-electron chi connectivity index (χ3n) is 4.57. The Bertz CT molecular complexity index is 1030. The van der Waals surface area contributed by atoms with Crippen molar-refractivity contribution < 1.29 is 4.79 Å². The lowest BCUT2D eigenvalue weighted by atomic mass is 10.2. The van der Waals surface area contributed by atoms with Gasteiger partial charge in [-0.3, -0.25) is 9.59 Å². The van der Waals surface area contributed by atoms with E-state index in [1.807, 2.05) is 35.9 Å². The predicted molar refractivity (Wildman–Crippen MR) is 93.9 cm³/mol. The van der Waals surface area contributed by atoms with Gasteiger partial charge in [0.25, 0.3) is 0 Å². The maximum absolute atomic E-state index is 12.7. The molecular weight excluding hydrogens is 316 g/mol. The molecule has 1 aliphatic rings. The number of hydrogen-bond donors (Lipinski definition) is 0. The number of aryl methyl sites for hydroxylation is 1. The molecule has 0 bridgehead atoms. The molecule has 6 nitrogen and oxygen atoms in total. The van der Waals surface area contributed by atoms with Crippen molar-refractivity contribution in [3.05, 3.63) is 70.0 Å². The zero-order chi connectivity index (χ0) is 17.4. The molecule has 0 fully saturated rings. The van der Waals surface area contributed by atoms with Crippen LogP contribution in [-0.2, 0) is 30.8 Å². The molecule has 1 amide bonds.